The van der Waals surface area contributed by atoms with Crippen molar-refractivity contribution >= 4 is 11.8 Å². The van der Waals surface area contributed by atoms with Gasteiger partial charge in [0.2, 0.25) is 0 Å². The summed E-state index contributed by atoms with van der Waals surface area (Å²) in [6.07, 6.45) is -0.307. The summed E-state index contributed by atoms with van der Waals surface area (Å²) in [6.45, 7) is 7.34. The molecule has 0 bridgehead atoms. The molecule has 1 unspecified atom stereocenters. The second-order valence-electron chi connectivity index (χ2n) is 3.87. The Bertz CT molecular complexity index is 337. The maximum absolute atomic E-state index is 9.27. The number of aliphatic hydroxyl groups excluding tert-OH is 1. The Kier molecular flexibility index (Phi) is 5.31. The fraction of sp³-hybridized carbons (Fsp3) is 0.727. The van der Waals surface area contributed by atoms with Crippen LogP contribution in [-0.4, -0.2) is 40.2 Å². The quantitative estimate of drug-likeness (QED) is 0.773. The largest absolute Gasteiger partial charge is 0.393 e. The number of ether oxygens (including phenoxy) is 1. The van der Waals surface area contributed by atoms with Crippen LogP contribution >= 0.6 is 11.8 Å². The summed E-state index contributed by atoms with van der Waals surface area (Å²) in [5.41, 5.74) is 2.22. The highest BCUT2D eigenvalue weighted by atomic mass is 32.2. The molecule has 0 saturated heterocycles. The molecule has 1 aromatic heterocycles. The van der Waals surface area contributed by atoms with Crippen LogP contribution in [0.5, 0.6) is 0 Å². The van der Waals surface area contributed by atoms with Gasteiger partial charge in [0.05, 0.1) is 18.4 Å². The van der Waals surface area contributed by atoms with Crippen molar-refractivity contribution in [3.05, 3.63) is 11.4 Å². The first kappa shape index (κ1) is 13.5. The Balaban J connectivity index is 2.77. The van der Waals surface area contributed by atoms with Crippen LogP contribution in [0.25, 0.3) is 0 Å². The van der Waals surface area contributed by atoms with E-state index in [2.05, 4.69) is 16.5 Å². The highest BCUT2D eigenvalue weighted by Gasteiger charge is 2.11. The summed E-state index contributed by atoms with van der Waals surface area (Å²) < 4.78 is 7.23. The third-order valence-electron chi connectivity index (χ3n) is 2.40. The van der Waals surface area contributed by atoms with E-state index >= 15 is 0 Å². The van der Waals surface area contributed by atoms with Crippen molar-refractivity contribution in [2.24, 2.45) is 0 Å². The SMILES string of the molecule is COCCn1c(SCC(C)O)nc(C)c1C. The molecule has 0 spiro atoms. The van der Waals surface area contributed by atoms with E-state index in [0.717, 1.165) is 17.4 Å². The number of hydrogen-bond donors (Lipinski definition) is 1. The Labute approximate surface area is 101 Å². The van der Waals surface area contributed by atoms with Crippen LogP contribution in [0, 0.1) is 13.8 Å². The Morgan fingerprint density at radius 3 is 2.75 bits per heavy atom. The molecule has 0 aliphatic carbocycles. The summed E-state index contributed by atoms with van der Waals surface area (Å²) in [7, 11) is 1.70. The predicted octanol–water partition coefficient (Wildman–Crippen LogP) is 1.62. The van der Waals surface area contributed by atoms with Crippen LogP contribution in [0.2, 0.25) is 0 Å². The molecule has 0 fully saturated rings. The molecular formula is C11H20N2O2S. The maximum Gasteiger partial charge on any atom is 0.168 e. The first-order valence-corrected chi connectivity index (χ1v) is 6.38. The molecule has 16 heavy (non-hydrogen) atoms. The van der Waals surface area contributed by atoms with Gasteiger partial charge in [0.25, 0.3) is 0 Å². The van der Waals surface area contributed by atoms with Gasteiger partial charge >= 0.3 is 0 Å². The van der Waals surface area contributed by atoms with Gasteiger partial charge in [-0.15, -0.1) is 0 Å². The third-order valence-corrected chi connectivity index (χ3v) is 3.61. The van der Waals surface area contributed by atoms with Gasteiger partial charge in [-0.3, -0.25) is 0 Å². The lowest BCUT2D eigenvalue weighted by Gasteiger charge is -2.09. The molecule has 0 aliphatic rings. The lowest BCUT2D eigenvalue weighted by atomic mass is 10.4. The minimum atomic E-state index is -0.307. The summed E-state index contributed by atoms with van der Waals surface area (Å²) >= 11 is 1.59. The van der Waals surface area contributed by atoms with Crippen molar-refractivity contribution in [2.75, 3.05) is 19.5 Å². The molecule has 1 aromatic rings. The summed E-state index contributed by atoms with van der Waals surface area (Å²) in [5.74, 6) is 0.670. The number of hydrogen-bond acceptors (Lipinski definition) is 4. The lowest BCUT2D eigenvalue weighted by molar-refractivity contribution is 0.184. The molecule has 1 atom stereocenters. The molecule has 0 saturated carbocycles. The van der Waals surface area contributed by atoms with Crippen LogP contribution in [0.3, 0.4) is 0 Å². The van der Waals surface area contributed by atoms with Crippen LogP contribution in [0.4, 0.5) is 0 Å². The topological polar surface area (TPSA) is 47.3 Å². The molecular weight excluding hydrogens is 224 g/mol. The van der Waals surface area contributed by atoms with E-state index in [-0.39, 0.29) is 6.10 Å². The highest BCUT2D eigenvalue weighted by molar-refractivity contribution is 7.99. The van der Waals surface area contributed by atoms with E-state index in [1.54, 1.807) is 25.8 Å². The first-order chi connectivity index (χ1) is 7.56. The van der Waals surface area contributed by atoms with Crippen molar-refractivity contribution in [1.29, 1.82) is 0 Å². The van der Waals surface area contributed by atoms with Crippen molar-refractivity contribution < 1.29 is 9.84 Å². The summed E-state index contributed by atoms with van der Waals surface area (Å²) in [4.78, 5) is 4.49. The molecule has 4 nitrogen and oxygen atoms in total. The van der Waals surface area contributed by atoms with Gasteiger partial charge in [0.15, 0.2) is 5.16 Å². The zero-order valence-electron chi connectivity index (χ0n) is 10.4. The normalized spacial score (nSPS) is 13.1. The summed E-state index contributed by atoms with van der Waals surface area (Å²) in [5, 5.41) is 10.2. The van der Waals surface area contributed by atoms with Gasteiger partial charge in [-0.05, 0) is 20.8 Å². The van der Waals surface area contributed by atoms with Crippen LogP contribution < -0.4 is 0 Å². The number of aryl methyl sites for hydroxylation is 1. The number of aliphatic hydroxyl groups is 1. The van der Waals surface area contributed by atoms with Crippen molar-refractivity contribution in [2.45, 2.75) is 38.6 Å². The lowest BCUT2D eigenvalue weighted by Crippen LogP contribution is -2.09. The average Bonchev–Trinajstić information content (AvgIpc) is 2.50. The maximum atomic E-state index is 9.27. The number of thioether (sulfide) groups is 1. The molecule has 0 aliphatic heterocycles. The molecule has 92 valence electrons. The molecule has 0 radical (unpaired) electrons. The highest BCUT2D eigenvalue weighted by Crippen LogP contribution is 2.21. The minimum absolute atomic E-state index is 0.307. The van der Waals surface area contributed by atoms with E-state index < -0.39 is 0 Å². The van der Waals surface area contributed by atoms with Crippen LogP contribution in [0.15, 0.2) is 5.16 Å². The first-order valence-electron chi connectivity index (χ1n) is 5.39. The zero-order valence-corrected chi connectivity index (χ0v) is 11.2. The number of methoxy groups -OCH3 is 1. The van der Waals surface area contributed by atoms with Gasteiger partial charge in [-0.1, -0.05) is 11.8 Å². The van der Waals surface area contributed by atoms with Crippen molar-refractivity contribution in [3.63, 3.8) is 0 Å². The van der Waals surface area contributed by atoms with Crippen LogP contribution in [0.1, 0.15) is 18.3 Å². The van der Waals surface area contributed by atoms with E-state index in [1.807, 2.05) is 6.92 Å². The van der Waals surface area contributed by atoms with Gasteiger partial charge in [0.1, 0.15) is 0 Å². The van der Waals surface area contributed by atoms with Gasteiger partial charge in [0, 0.05) is 25.1 Å². The second-order valence-corrected chi connectivity index (χ2v) is 4.86. The number of rotatable bonds is 6. The number of aromatic nitrogens is 2. The molecule has 1 rings (SSSR count). The molecule has 1 heterocycles. The second kappa shape index (κ2) is 6.27. The average molecular weight is 244 g/mol. The molecule has 1 N–H and O–H groups in total. The fourth-order valence-corrected chi connectivity index (χ4v) is 2.35. The number of nitrogens with zero attached hydrogens (tertiary/aromatic N) is 2. The Morgan fingerprint density at radius 2 is 2.19 bits per heavy atom. The number of imidazole rings is 1. The van der Waals surface area contributed by atoms with Gasteiger partial charge in [-0.25, -0.2) is 4.98 Å². The Hall–Kier alpha value is -0.520. The minimum Gasteiger partial charge on any atom is -0.393 e. The van der Waals surface area contributed by atoms with E-state index in [1.165, 1.54) is 5.69 Å². The predicted molar refractivity (Wildman–Crippen MR) is 66.0 cm³/mol. The van der Waals surface area contributed by atoms with Gasteiger partial charge < -0.3 is 14.4 Å². The fourth-order valence-electron chi connectivity index (χ4n) is 1.37. The molecule has 0 aromatic carbocycles. The molecule has 5 heteroatoms. The molecule has 0 amide bonds. The monoisotopic (exact) mass is 244 g/mol. The van der Waals surface area contributed by atoms with Crippen molar-refractivity contribution in [3.8, 4) is 0 Å². The standard InChI is InChI=1S/C11H20N2O2S/c1-8(14)7-16-11-12-9(2)10(3)13(11)5-6-15-4/h8,14H,5-7H2,1-4H3. The summed E-state index contributed by atoms with van der Waals surface area (Å²) in [6, 6.07) is 0. The van der Waals surface area contributed by atoms with Gasteiger partial charge in [-0.2, -0.15) is 0 Å². The van der Waals surface area contributed by atoms with Crippen molar-refractivity contribution in [1.82, 2.24) is 9.55 Å². The third kappa shape index (κ3) is 3.50. The van der Waals surface area contributed by atoms with Crippen LogP contribution in [-0.2, 0) is 11.3 Å². The van der Waals surface area contributed by atoms with E-state index in [9.17, 15) is 5.11 Å². The van der Waals surface area contributed by atoms with E-state index in [0.29, 0.717) is 12.4 Å². The Morgan fingerprint density at radius 1 is 1.50 bits per heavy atom. The van der Waals surface area contributed by atoms with E-state index in [4.69, 9.17) is 4.74 Å². The smallest absolute Gasteiger partial charge is 0.168 e. The zero-order chi connectivity index (χ0) is 12.1.